The van der Waals surface area contributed by atoms with Crippen molar-refractivity contribution < 1.29 is 4.79 Å². The Kier molecular flexibility index (Phi) is 3.92. The van der Waals surface area contributed by atoms with Crippen molar-refractivity contribution in [2.24, 2.45) is 5.92 Å². The van der Waals surface area contributed by atoms with Gasteiger partial charge in [0.25, 0.3) is 0 Å². The maximum atomic E-state index is 12.4. The van der Waals surface area contributed by atoms with Crippen LogP contribution in [0.1, 0.15) is 38.5 Å². The summed E-state index contributed by atoms with van der Waals surface area (Å²) in [6, 6.07) is 7.87. The standard InChI is InChI=1S/C16H23N3O/c17-12-6-2-4-8-14(12)19-16(20)15-10-9-11-5-1-3-7-13(11)18-15/h2,4,6,8,11,13,15,18H,1,3,5,7,9-10,17H2,(H,19,20)/t11-,13-,15+/m1/s1. The number of anilines is 2. The topological polar surface area (TPSA) is 67.1 Å². The van der Waals surface area contributed by atoms with Gasteiger partial charge in [-0.25, -0.2) is 0 Å². The van der Waals surface area contributed by atoms with Gasteiger partial charge in [-0.3, -0.25) is 4.79 Å². The van der Waals surface area contributed by atoms with Crippen LogP contribution in [0, 0.1) is 5.92 Å². The SMILES string of the molecule is Nc1ccccc1NC(=O)[C@@H]1CC[C@H]2CCCC[C@H]2N1. The third-order valence-electron chi connectivity index (χ3n) is 4.69. The lowest BCUT2D eigenvalue weighted by Crippen LogP contribution is -2.53. The first-order chi connectivity index (χ1) is 9.74. The van der Waals surface area contributed by atoms with Crippen molar-refractivity contribution >= 4 is 17.3 Å². The normalized spacial score (nSPS) is 29.5. The molecular weight excluding hydrogens is 250 g/mol. The summed E-state index contributed by atoms with van der Waals surface area (Å²) in [4.78, 5) is 12.4. The summed E-state index contributed by atoms with van der Waals surface area (Å²) in [7, 11) is 0. The fourth-order valence-corrected chi connectivity index (χ4v) is 3.53. The molecule has 0 bridgehead atoms. The van der Waals surface area contributed by atoms with Crippen molar-refractivity contribution in [3.63, 3.8) is 0 Å². The van der Waals surface area contributed by atoms with Gasteiger partial charge in [-0.2, -0.15) is 0 Å². The fraction of sp³-hybridized carbons (Fsp3) is 0.562. The Balaban J connectivity index is 1.62. The third kappa shape index (κ3) is 2.80. The Morgan fingerprint density at radius 3 is 2.80 bits per heavy atom. The van der Waals surface area contributed by atoms with E-state index in [-0.39, 0.29) is 11.9 Å². The van der Waals surface area contributed by atoms with Crippen molar-refractivity contribution in [3.05, 3.63) is 24.3 Å². The molecule has 1 heterocycles. The molecule has 0 spiro atoms. The van der Waals surface area contributed by atoms with E-state index in [1.807, 2.05) is 18.2 Å². The number of amides is 1. The molecule has 2 aliphatic rings. The lowest BCUT2D eigenvalue weighted by Gasteiger charge is -2.39. The quantitative estimate of drug-likeness (QED) is 0.725. The number of carbonyl (C=O) groups excluding carboxylic acids is 1. The number of nitrogen functional groups attached to an aromatic ring is 1. The van der Waals surface area contributed by atoms with Gasteiger partial charge in [0.1, 0.15) is 0 Å². The Bertz CT molecular complexity index is 488. The van der Waals surface area contributed by atoms with Gasteiger partial charge >= 0.3 is 0 Å². The first-order valence-electron chi connectivity index (χ1n) is 7.65. The van der Waals surface area contributed by atoms with Crippen LogP contribution in [0.25, 0.3) is 0 Å². The number of nitrogens with one attached hydrogen (secondary N) is 2. The molecule has 1 aromatic rings. The molecule has 108 valence electrons. The van der Waals surface area contributed by atoms with Gasteiger partial charge in [-0.15, -0.1) is 0 Å². The average Bonchev–Trinajstić information content (AvgIpc) is 2.49. The van der Waals surface area contributed by atoms with E-state index in [1.165, 1.54) is 32.1 Å². The highest BCUT2D eigenvalue weighted by Gasteiger charge is 2.34. The van der Waals surface area contributed by atoms with Crippen LogP contribution in [0.3, 0.4) is 0 Å². The Morgan fingerprint density at radius 2 is 1.95 bits per heavy atom. The highest BCUT2D eigenvalue weighted by Crippen LogP contribution is 2.32. The van der Waals surface area contributed by atoms with Gasteiger partial charge in [-0.1, -0.05) is 25.0 Å². The second-order valence-corrected chi connectivity index (χ2v) is 6.02. The van der Waals surface area contributed by atoms with Crippen molar-refractivity contribution in [1.29, 1.82) is 0 Å². The minimum Gasteiger partial charge on any atom is -0.397 e. The molecule has 1 aliphatic carbocycles. The van der Waals surface area contributed by atoms with E-state index in [0.717, 1.165) is 12.3 Å². The number of para-hydroxylation sites is 2. The third-order valence-corrected chi connectivity index (χ3v) is 4.69. The Labute approximate surface area is 120 Å². The number of hydrogen-bond acceptors (Lipinski definition) is 3. The summed E-state index contributed by atoms with van der Waals surface area (Å²) in [6.45, 7) is 0. The van der Waals surface area contributed by atoms with E-state index in [1.54, 1.807) is 6.07 Å². The Morgan fingerprint density at radius 1 is 1.15 bits per heavy atom. The lowest BCUT2D eigenvalue weighted by atomic mass is 9.77. The van der Waals surface area contributed by atoms with Crippen LogP contribution in [0.15, 0.2) is 24.3 Å². The maximum Gasteiger partial charge on any atom is 0.241 e. The van der Waals surface area contributed by atoms with Gasteiger partial charge in [0.05, 0.1) is 17.4 Å². The molecule has 0 aromatic heterocycles. The summed E-state index contributed by atoms with van der Waals surface area (Å²) in [5, 5.41) is 6.49. The number of hydrogen-bond donors (Lipinski definition) is 3. The number of rotatable bonds is 2. The van der Waals surface area contributed by atoms with Crippen molar-refractivity contribution in [2.45, 2.75) is 50.6 Å². The summed E-state index contributed by atoms with van der Waals surface area (Å²) >= 11 is 0. The van der Waals surface area contributed by atoms with E-state index in [2.05, 4.69) is 10.6 Å². The summed E-state index contributed by atoms with van der Waals surface area (Å²) < 4.78 is 0. The second kappa shape index (κ2) is 5.83. The molecule has 1 aliphatic heterocycles. The minimum atomic E-state index is -0.0750. The summed E-state index contributed by atoms with van der Waals surface area (Å²) in [6.07, 6.45) is 7.26. The zero-order valence-corrected chi connectivity index (χ0v) is 11.8. The van der Waals surface area contributed by atoms with Crippen LogP contribution in [-0.4, -0.2) is 18.0 Å². The molecule has 2 fully saturated rings. The molecule has 1 saturated carbocycles. The Hall–Kier alpha value is -1.55. The summed E-state index contributed by atoms with van der Waals surface area (Å²) in [5.74, 6) is 0.821. The van der Waals surface area contributed by atoms with Crippen LogP contribution < -0.4 is 16.4 Å². The predicted octanol–water partition coefficient (Wildman–Crippen LogP) is 2.52. The van der Waals surface area contributed by atoms with E-state index < -0.39 is 0 Å². The zero-order valence-electron chi connectivity index (χ0n) is 11.8. The van der Waals surface area contributed by atoms with Gasteiger partial charge < -0.3 is 16.4 Å². The molecule has 1 amide bonds. The smallest absolute Gasteiger partial charge is 0.241 e. The molecule has 4 nitrogen and oxygen atoms in total. The molecule has 0 unspecified atom stereocenters. The molecule has 1 saturated heterocycles. The minimum absolute atomic E-state index is 0.0481. The highest BCUT2D eigenvalue weighted by atomic mass is 16.2. The van der Waals surface area contributed by atoms with Crippen LogP contribution in [0.4, 0.5) is 11.4 Å². The first-order valence-corrected chi connectivity index (χ1v) is 7.65. The molecule has 4 N–H and O–H groups in total. The lowest BCUT2D eigenvalue weighted by molar-refractivity contribution is -0.119. The first kappa shape index (κ1) is 13.4. The number of piperidine rings is 1. The van der Waals surface area contributed by atoms with Gasteiger partial charge in [0.2, 0.25) is 5.91 Å². The van der Waals surface area contributed by atoms with Gasteiger partial charge in [-0.05, 0) is 43.7 Å². The van der Waals surface area contributed by atoms with Gasteiger partial charge in [0, 0.05) is 6.04 Å². The predicted molar refractivity (Wildman–Crippen MR) is 81.4 cm³/mol. The fourth-order valence-electron chi connectivity index (χ4n) is 3.53. The van der Waals surface area contributed by atoms with E-state index in [9.17, 15) is 4.79 Å². The monoisotopic (exact) mass is 273 g/mol. The maximum absolute atomic E-state index is 12.4. The number of benzene rings is 1. The van der Waals surface area contributed by atoms with Crippen LogP contribution in [-0.2, 0) is 4.79 Å². The molecule has 4 heteroatoms. The second-order valence-electron chi connectivity index (χ2n) is 6.02. The van der Waals surface area contributed by atoms with Gasteiger partial charge in [0.15, 0.2) is 0 Å². The van der Waals surface area contributed by atoms with E-state index >= 15 is 0 Å². The molecule has 0 radical (unpaired) electrons. The molecule has 1 aromatic carbocycles. The largest absolute Gasteiger partial charge is 0.397 e. The molecule has 3 atom stereocenters. The number of nitrogens with two attached hydrogens (primary N) is 1. The highest BCUT2D eigenvalue weighted by molar-refractivity contribution is 5.97. The number of carbonyl (C=O) groups is 1. The molecule has 3 rings (SSSR count). The van der Waals surface area contributed by atoms with Crippen LogP contribution >= 0.6 is 0 Å². The van der Waals surface area contributed by atoms with Crippen LogP contribution in [0.5, 0.6) is 0 Å². The average molecular weight is 273 g/mol. The molecule has 20 heavy (non-hydrogen) atoms. The van der Waals surface area contributed by atoms with Crippen molar-refractivity contribution in [1.82, 2.24) is 5.32 Å². The van der Waals surface area contributed by atoms with E-state index in [4.69, 9.17) is 5.73 Å². The molecular formula is C16H23N3O. The van der Waals surface area contributed by atoms with Crippen LogP contribution in [0.2, 0.25) is 0 Å². The summed E-state index contributed by atoms with van der Waals surface area (Å²) in [5.41, 5.74) is 7.20. The number of fused-ring (bicyclic) bond motifs is 1. The van der Waals surface area contributed by atoms with Crippen molar-refractivity contribution in [3.8, 4) is 0 Å². The van der Waals surface area contributed by atoms with E-state index in [0.29, 0.717) is 17.4 Å². The van der Waals surface area contributed by atoms with Crippen molar-refractivity contribution in [2.75, 3.05) is 11.1 Å². The zero-order chi connectivity index (χ0) is 13.9.